The van der Waals surface area contributed by atoms with Crippen molar-refractivity contribution < 1.29 is 9.32 Å². The van der Waals surface area contributed by atoms with Gasteiger partial charge in [0.2, 0.25) is 11.7 Å². The van der Waals surface area contributed by atoms with Crippen molar-refractivity contribution in [2.45, 2.75) is 38.6 Å². The van der Waals surface area contributed by atoms with E-state index in [-0.39, 0.29) is 23.7 Å². The second-order valence-electron chi connectivity index (χ2n) is 6.32. The van der Waals surface area contributed by atoms with Crippen LogP contribution in [0.5, 0.6) is 0 Å². The molecule has 0 saturated heterocycles. The Morgan fingerprint density at radius 2 is 2.28 bits per heavy atom. The molecule has 2 aromatic heterocycles. The summed E-state index contributed by atoms with van der Waals surface area (Å²) in [5.74, 6) is 1.11. The Kier molecular flexibility index (Phi) is 3.75. The lowest BCUT2D eigenvalue weighted by atomic mass is 10.0. The van der Waals surface area contributed by atoms with Crippen LogP contribution in [-0.2, 0) is 6.42 Å². The third kappa shape index (κ3) is 2.88. The number of aryl methyl sites for hydroxylation is 1. The fraction of sp³-hybridized carbons (Fsp3) is 0.375. The number of nitrogens with one attached hydrogen (secondary N) is 2. The average Bonchev–Trinajstić information content (AvgIpc) is 3.35. The van der Waals surface area contributed by atoms with Crippen LogP contribution in [0.1, 0.15) is 59.9 Å². The Labute approximate surface area is 143 Å². The molecule has 0 aliphatic heterocycles. The molecular formula is C16H17N7O2. The highest BCUT2D eigenvalue weighted by atomic mass is 16.5. The molecule has 9 heteroatoms. The van der Waals surface area contributed by atoms with Crippen molar-refractivity contribution in [3.63, 3.8) is 0 Å². The molecule has 1 amide bonds. The number of aromatic nitrogens is 6. The molecule has 0 unspecified atom stereocenters. The second kappa shape index (κ2) is 6.08. The third-order valence-electron chi connectivity index (χ3n) is 4.27. The zero-order chi connectivity index (χ0) is 17.4. The van der Waals surface area contributed by atoms with Crippen LogP contribution in [0.2, 0.25) is 0 Å². The quantitative estimate of drug-likeness (QED) is 0.743. The summed E-state index contributed by atoms with van der Waals surface area (Å²) in [4.78, 5) is 16.5. The SMILES string of the molecule is CC(C)c1nc(-c2ccc3c(c2)CC[C@H]3NC(=O)c2nn[nH]n2)no1. The first-order valence-electron chi connectivity index (χ1n) is 8.13. The average molecular weight is 339 g/mol. The highest BCUT2D eigenvalue weighted by molar-refractivity contribution is 5.90. The van der Waals surface area contributed by atoms with Gasteiger partial charge in [-0.3, -0.25) is 4.79 Å². The van der Waals surface area contributed by atoms with Gasteiger partial charge in [-0.1, -0.05) is 31.1 Å². The fourth-order valence-electron chi connectivity index (χ4n) is 2.97. The van der Waals surface area contributed by atoms with Crippen molar-refractivity contribution in [2.24, 2.45) is 0 Å². The molecule has 25 heavy (non-hydrogen) atoms. The Hall–Kier alpha value is -3.10. The molecule has 1 atom stereocenters. The molecule has 1 aromatic carbocycles. The number of carbonyl (C=O) groups excluding carboxylic acids is 1. The summed E-state index contributed by atoms with van der Waals surface area (Å²) in [5, 5.41) is 20.1. The van der Waals surface area contributed by atoms with Crippen LogP contribution < -0.4 is 5.32 Å². The van der Waals surface area contributed by atoms with Crippen LogP contribution >= 0.6 is 0 Å². The van der Waals surface area contributed by atoms with Gasteiger partial charge in [0.05, 0.1) is 6.04 Å². The molecule has 9 nitrogen and oxygen atoms in total. The summed E-state index contributed by atoms with van der Waals surface area (Å²) in [7, 11) is 0. The van der Waals surface area contributed by atoms with Gasteiger partial charge < -0.3 is 9.84 Å². The molecule has 4 rings (SSSR count). The molecule has 0 saturated carbocycles. The van der Waals surface area contributed by atoms with Crippen LogP contribution in [0, 0.1) is 0 Å². The van der Waals surface area contributed by atoms with Gasteiger partial charge in [0, 0.05) is 11.5 Å². The van der Waals surface area contributed by atoms with Gasteiger partial charge in [0.25, 0.3) is 11.7 Å². The molecule has 0 radical (unpaired) electrons. The minimum absolute atomic E-state index is 0.0399. The number of rotatable bonds is 4. The molecule has 1 aliphatic carbocycles. The van der Waals surface area contributed by atoms with Crippen LogP contribution in [-0.4, -0.2) is 36.7 Å². The van der Waals surface area contributed by atoms with E-state index in [9.17, 15) is 4.79 Å². The monoisotopic (exact) mass is 339 g/mol. The van der Waals surface area contributed by atoms with Crippen LogP contribution in [0.3, 0.4) is 0 Å². The number of aromatic amines is 1. The van der Waals surface area contributed by atoms with E-state index in [1.807, 2.05) is 26.0 Å². The Bertz CT molecular complexity index is 901. The molecular weight excluding hydrogens is 322 g/mol. The predicted molar refractivity (Wildman–Crippen MR) is 86.5 cm³/mol. The van der Waals surface area contributed by atoms with Gasteiger partial charge in [-0.25, -0.2) is 0 Å². The van der Waals surface area contributed by atoms with Gasteiger partial charge >= 0.3 is 0 Å². The maximum atomic E-state index is 12.1. The molecule has 128 valence electrons. The highest BCUT2D eigenvalue weighted by Crippen LogP contribution is 2.34. The summed E-state index contributed by atoms with van der Waals surface area (Å²) in [6.07, 6.45) is 1.70. The van der Waals surface area contributed by atoms with Crippen molar-refractivity contribution in [1.82, 2.24) is 36.1 Å². The van der Waals surface area contributed by atoms with Gasteiger partial charge in [0.15, 0.2) is 0 Å². The number of nitrogens with zero attached hydrogens (tertiary/aromatic N) is 5. The maximum absolute atomic E-state index is 12.1. The summed E-state index contributed by atoms with van der Waals surface area (Å²) in [6.45, 7) is 4.02. The smallest absolute Gasteiger partial charge is 0.293 e. The number of hydrogen-bond donors (Lipinski definition) is 2. The van der Waals surface area contributed by atoms with Crippen molar-refractivity contribution in [1.29, 1.82) is 0 Å². The molecule has 2 heterocycles. The first-order valence-corrected chi connectivity index (χ1v) is 8.13. The minimum atomic E-state index is -0.338. The van der Waals surface area contributed by atoms with Crippen molar-refractivity contribution in [3.8, 4) is 11.4 Å². The van der Waals surface area contributed by atoms with E-state index >= 15 is 0 Å². The summed E-state index contributed by atoms with van der Waals surface area (Å²) in [5.41, 5.74) is 3.18. The first-order chi connectivity index (χ1) is 12.1. The lowest BCUT2D eigenvalue weighted by Crippen LogP contribution is -2.28. The van der Waals surface area contributed by atoms with Gasteiger partial charge in [-0.15, -0.1) is 10.2 Å². The van der Waals surface area contributed by atoms with E-state index in [2.05, 4.69) is 42.1 Å². The van der Waals surface area contributed by atoms with Crippen molar-refractivity contribution >= 4 is 5.91 Å². The Morgan fingerprint density at radius 1 is 1.40 bits per heavy atom. The lowest BCUT2D eigenvalue weighted by Gasteiger charge is -2.12. The summed E-state index contributed by atoms with van der Waals surface area (Å²) < 4.78 is 5.27. The molecule has 0 fully saturated rings. The summed E-state index contributed by atoms with van der Waals surface area (Å²) >= 11 is 0. The van der Waals surface area contributed by atoms with Gasteiger partial charge in [-0.05, 0) is 35.2 Å². The number of amides is 1. The number of tetrazole rings is 1. The van der Waals surface area contributed by atoms with Crippen molar-refractivity contribution in [2.75, 3.05) is 0 Å². The molecule has 2 N–H and O–H groups in total. The number of benzene rings is 1. The zero-order valence-corrected chi connectivity index (χ0v) is 13.9. The molecule has 0 bridgehead atoms. The van der Waals surface area contributed by atoms with Crippen LogP contribution in [0.15, 0.2) is 22.7 Å². The topological polar surface area (TPSA) is 122 Å². The van der Waals surface area contributed by atoms with E-state index in [4.69, 9.17) is 4.52 Å². The first kappa shape index (κ1) is 15.4. The molecule has 1 aliphatic rings. The van der Waals surface area contributed by atoms with E-state index in [0.717, 1.165) is 24.0 Å². The number of carbonyl (C=O) groups is 1. The highest BCUT2D eigenvalue weighted by Gasteiger charge is 2.26. The zero-order valence-electron chi connectivity index (χ0n) is 13.9. The lowest BCUT2D eigenvalue weighted by molar-refractivity contribution is 0.0926. The van der Waals surface area contributed by atoms with E-state index in [1.54, 1.807) is 0 Å². The van der Waals surface area contributed by atoms with Crippen molar-refractivity contribution in [3.05, 3.63) is 41.0 Å². The van der Waals surface area contributed by atoms with E-state index < -0.39 is 0 Å². The fourth-order valence-corrected chi connectivity index (χ4v) is 2.97. The van der Waals surface area contributed by atoms with Crippen LogP contribution in [0.25, 0.3) is 11.4 Å². The Balaban J connectivity index is 1.54. The molecule has 3 aromatic rings. The largest absolute Gasteiger partial charge is 0.342 e. The predicted octanol–water partition coefficient (Wildman–Crippen LogP) is 1.79. The molecule has 0 spiro atoms. The second-order valence-corrected chi connectivity index (χ2v) is 6.32. The van der Waals surface area contributed by atoms with Crippen LogP contribution in [0.4, 0.5) is 0 Å². The summed E-state index contributed by atoms with van der Waals surface area (Å²) in [6, 6.07) is 5.95. The third-order valence-corrected chi connectivity index (χ3v) is 4.27. The Morgan fingerprint density at radius 3 is 3.00 bits per heavy atom. The van der Waals surface area contributed by atoms with Gasteiger partial charge in [-0.2, -0.15) is 10.2 Å². The number of H-pyrrole nitrogens is 1. The normalized spacial score (nSPS) is 16.2. The van der Waals surface area contributed by atoms with E-state index in [0.29, 0.717) is 11.7 Å². The van der Waals surface area contributed by atoms with E-state index in [1.165, 1.54) is 5.56 Å². The standard InChI is InChI=1S/C16H17N7O2/c1-8(2)16-18-13(21-25-16)10-3-5-11-9(7-10)4-6-12(11)17-15(24)14-19-22-23-20-14/h3,5,7-8,12H,4,6H2,1-2H3,(H,17,24)(H,19,20,22,23)/t12-/m1/s1. The maximum Gasteiger partial charge on any atom is 0.293 e. The number of fused-ring (bicyclic) bond motifs is 1. The van der Waals surface area contributed by atoms with Gasteiger partial charge in [0.1, 0.15) is 0 Å². The number of hydrogen-bond acceptors (Lipinski definition) is 7. The minimum Gasteiger partial charge on any atom is -0.342 e.